The van der Waals surface area contributed by atoms with Gasteiger partial charge in [-0.1, -0.05) is 18.2 Å². The fraction of sp³-hybridized carbons (Fsp3) is 0.500. The Kier molecular flexibility index (Phi) is 4.96. The SMILES string of the molecule is CC(N)CCCC(=O)N1CCC(C(=O)O)c2ccccc21. The lowest BCUT2D eigenvalue weighted by atomic mass is 9.89. The number of nitrogens with zero attached hydrogens (tertiary/aromatic N) is 1. The number of carbonyl (C=O) groups is 2. The Morgan fingerprint density at radius 3 is 2.81 bits per heavy atom. The molecule has 0 aliphatic carbocycles. The Labute approximate surface area is 124 Å². The first-order valence-electron chi connectivity index (χ1n) is 7.38. The second kappa shape index (κ2) is 6.72. The molecule has 0 bridgehead atoms. The van der Waals surface area contributed by atoms with Crippen LogP contribution in [0.25, 0.3) is 0 Å². The van der Waals surface area contributed by atoms with Crippen LogP contribution in [-0.2, 0) is 9.59 Å². The topological polar surface area (TPSA) is 83.6 Å². The van der Waals surface area contributed by atoms with Crippen LogP contribution in [0, 0.1) is 0 Å². The number of carbonyl (C=O) groups excluding carboxylic acids is 1. The summed E-state index contributed by atoms with van der Waals surface area (Å²) < 4.78 is 0. The molecule has 2 atom stereocenters. The highest BCUT2D eigenvalue weighted by molar-refractivity contribution is 5.96. The molecule has 0 aromatic heterocycles. The van der Waals surface area contributed by atoms with Crippen LogP contribution in [0.4, 0.5) is 5.69 Å². The van der Waals surface area contributed by atoms with Crippen molar-refractivity contribution < 1.29 is 14.7 Å². The summed E-state index contributed by atoms with van der Waals surface area (Å²) in [6, 6.07) is 7.39. The van der Waals surface area contributed by atoms with Crippen LogP contribution in [-0.4, -0.2) is 29.6 Å². The van der Waals surface area contributed by atoms with Crippen molar-refractivity contribution in [2.75, 3.05) is 11.4 Å². The smallest absolute Gasteiger partial charge is 0.311 e. The van der Waals surface area contributed by atoms with E-state index in [-0.39, 0.29) is 11.9 Å². The standard InChI is InChI=1S/C16H22N2O3/c1-11(17)5-4-8-15(19)18-10-9-13(16(20)21)12-6-2-3-7-14(12)18/h2-3,6-7,11,13H,4-5,8-10,17H2,1H3,(H,20,21). The van der Waals surface area contributed by atoms with E-state index in [1.807, 2.05) is 25.1 Å². The lowest BCUT2D eigenvalue weighted by Gasteiger charge is -2.32. The van der Waals surface area contributed by atoms with E-state index < -0.39 is 11.9 Å². The summed E-state index contributed by atoms with van der Waals surface area (Å²) in [4.78, 5) is 25.4. The van der Waals surface area contributed by atoms with Gasteiger partial charge in [-0.2, -0.15) is 0 Å². The maximum absolute atomic E-state index is 12.4. The maximum atomic E-state index is 12.4. The fourth-order valence-electron chi connectivity index (χ4n) is 2.79. The number of anilines is 1. The Hall–Kier alpha value is -1.88. The van der Waals surface area contributed by atoms with Gasteiger partial charge in [-0.05, 0) is 37.8 Å². The van der Waals surface area contributed by atoms with Crippen LogP contribution in [0.2, 0.25) is 0 Å². The second-order valence-electron chi connectivity index (χ2n) is 5.65. The number of rotatable bonds is 5. The molecule has 3 N–H and O–H groups in total. The van der Waals surface area contributed by atoms with E-state index in [0.29, 0.717) is 19.4 Å². The third-order valence-electron chi connectivity index (χ3n) is 3.89. The van der Waals surface area contributed by atoms with E-state index in [1.54, 1.807) is 11.0 Å². The number of fused-ring (bicyclic) bond motifs is 1. The van der Waals surface area contributed by atoms with Crippen molar-refractivity contribution in [2.45, 2.75) is 44.6 Å². The van der Waals surface area contributed by atoms with Crippen molar-refractivity contribution in [3.8, 4) is 0 Å². The highest BCUT2D eigenvalue weighted by Gasteiger charge is 2.31. The Morgan fingerprint density at radius 2 is 2.14 bits per heavy atom. The molecule has 0 radical (unpaired) electrons. The molecule has 1 aliphatic rings. The first-order valence-corrected chi connectivity index (χ1v) is 7.38. The molecule has 1 aliphatic heterocycles. The van der Waals surface area contributed by atoms with Gasteiger partial charge < -0.3 is 15.7 Å². The normalized spacial score (nSPS) is 19.0. The average Bonchev–Trinajstić information content (AvgIpc) is 2.45. The van der Waals surface area contributed by atoms with E-state index in [9.17, 15) is 14.7 Å². The largest absolute Gasteiger partial charge is 0.481 e. The summed E-state index contributed by atoms with van der Waals surface area (Å²) in [5.74, 6) is -1.30. The van der Waals surface area contributed by atoms with Crippen LogP contribution in [0.15, 0.2) is 24.3 Å². The van der Waals surface area contributed by atoms with E-state index in [0.717, 1.165) is 24.1 Å². The van der Waals surface area contributed by atoms with Crippen molar-refractivity contribution in [2.24, 2.45) is 5.73 Å². The number of carboxylic acids is 1. The molecule has 5 nitrogen and oxygen atoms in total. The molecule has 21 heavy (non-hydrogen) atoms. The van der Waals surface area contributed by atoms with Gasteiger partial charge in [0.1, 0.15) is 0 Å². The van der Waals surface area contributed by atoms with Crippen LogP contribution in [0.5, 0.6) is 0 Å². The van der Waals surface area contributed by atoms with Gasteiger partial charge in [0.25, 0.3) is 0 Å². The molecule has 2 rings (SSSR count). The Balaban J connectivity index is 2.13. The minimum Gasteiger partial charge on any atom is -0.481 e. The van der Waals surface area contributed by atoms with Gasteiger partial charge in [-0.25, -0.2) is 0 Å². The number of hydrogen-bond donors (Lipinski definition) is 2. The van der Waals surface area contributed by atoms with Crippen LogP contribution >= 0.6 is 0 Å². The third kappa shape index (κ3) is 3.61. The zero-order valence-corrected chi connectivity index (χ0v) is 12.3. The average molecular weight is 290 g/mol. The molecule has 0 saturated heterocycles. The molecule has 1 aromatic carbocycles. The Morgan fingerprint density at radius 1 is 1.43 bits per heavy atom. The molecule has 1 aromatic rings. The number of benzene rings is 1. The second-order valence-corrected chi connectivity index (χ2v) is 5.65. The Bertz CT molecular complexity index is 528. The molecular weight excluding hydrogens is 268 g/mol. The minimum atomic E-state index is -0.827. The lowest BCUT2D eigenvalue weighted by molar-refractivity contribution is -0.139. The van der Waals surface area contributed by atoms with E-state index in [2.05, 4.69) is 0 Å². The van der Waals surface area contributed by atoms with Crippen molar-refractivity contribution in [3.05, 3.63) is 29.8 Å². The number of carboxylic acid groups (broad SMARTS) is 1. The van der Waals surface area contributed by atoms with Gasteiger partial charge in [0, 0.05) is 24.7 Å². The number of nitrogens with two attached hydrogens (primary N) is 1. The van der Waals surface area contributed by atoms with Gasteiger partial charge in [0.2, 0.25) is 5.91 Å². The van der Waals surface area contributed by atoms with Crippen molar-refractivity contribution in [1.82, 2.24) is 0 Å². The predicted octanol–water partition coefficient (Wildman–Crippen LogP) is 2.11. The van der Waals surface area contributed by atoms with Crippen molar-refractivity contribution in [3.63, 3.8) is 0 Å². The lowest BCUT2D eigenvalue weighted by Crippen LogP contribution is -2.38. The molecule has 5 heteroatoms. The minimum absolute atomic E-state index is 0.0481. The molecule has 0 saturated carbocycles. The molecule has 1 heterocycles. The summed E-state index contributed by atoms with van der Waals surface area (Å²) in [5, 5.41) is 9.30. The predicted molar refractivity (Wildman–Crippen MR) is 81.3 cm³/mol. The number of hydrogen-bond acceptors (Lipinski definition) is 3. The highest BCUT2D eigenvalue weighted by atomic mass is 16.4. The molecule has 0 spiro atoms. The highest BCUT2D eigenvalue weighted by Crippen LogP contribution is 2.35. The van der Waals surface area contributed by atoms with Gasteiger partial charge >= 0.3 is 5.97 Å². The number of amides is 1. The summed E-state index contributed by atoms with van der Waals surface area (Å²) in [7, 11) is 0. The van der Waals surface area contributed by atoms with Gasteiger partial charge in [-0.15, -0.1) is 0 Å². The quantitative estimate of drug-likeness (QED) is 0.870. The fourth-order valence-corrected chi connectivity index (χ4v) is 2.79. The molecule has 2 unspecified atom stereocenters. The summed E-state index contributed by atoms with van der Waals surface area (Å²) in [6.45, 7) is 2.39. The van der Waals surface area contributed by atoms with Crippen LogP contribution in [0.1, 0.15) is 44.1 Å². The molecule has 1 amide bonds. The first kappa shape index (κ1) is 15.5. The van der Waals surface area contributed by atoms with Gasteiger partial charge in [-0.3, -0.25) is 9.59 Å². The maximum Gasteiger partial charge on any atom is 0.311 e. The van der Waals surface area contributed by atoms with Crippen molar-refractivity contribution in [1.29, 1.82) is 0 Å². The summed E-state index contributed by atoms with van der Waals surface area (Å²) in [5.41, 5.74) is 7.17. The van der Waals surface area contributed by atoms with Crippen LogP contribution < -0.4 is 10.6 Å². The van der Waals surface area contributed by atoms with Gasteiger partial charge in [0.15, 0.2) is 0 Å². The molecule has 114 valence electrons. The van der Waals surface area contributed by atoms with Crippen molar-refractivity contribution >= 4 is 17.6 Å². The summed E-state index contributed by atoms with van der Waals surface area (Å²) in [6.07, 6.45) is 2.50. The monoisotopic (exact) mass is 290 g/mol. The first-order chi connectivity index (χ1) is 10.0. The van der Waals surface area contributed by atoms with E-state index >= 15 is 0 Å². The van der Waals surface area contributed by atoms with E-state index in [1.165, 1.54) is 0 Å². The third-order valence-corrected chi connectivity index (χ3v) is 3.89. The molecule has 0 fully saturated rings. The van der Waals surface area contributed by atoms with E-state index in [4.69, 9.17) is 5.73 Å². The zero-order chi connectivity index (χ0) is 15.4. The van der Waals surface area contributed by atoms with Gasteiger partial charge in [0.05, 0.1) is 5.92 Å². The zero-order valence-electron chi connectivity index (χ0n) is 12.3. The number of aliphatic carboxylic acids is 1. The number of para-hydroxylation sites is 1. The summed E-state index contributed by atoms with van der Waals surface area (Å²) >= 11 is 0. The molecular formula is C16H22N2O3. The van der Waals surface area contributed by atoms with Crippen LogP contribution in [0.3, 0.4) is 0 Å².